The number of likely N-dealkylation sites (tertiary alicyclic amines) is 1. The Morgan fingerprint density at radius 3 is 2.00 bits per heavy atom. The van der Waals surface area contributed by atoms with Crippen LogP contribution in [0, 0.1) is 5.41 Å². The van der Waals surface area contributed by atoms with Crippen molar-refractivity contribution in [3.8, 4) is 0 Å². The zero-order valence-electron chi connectivity index (χ0n) is 17.1. The molecule has 2 fully saturated rings. The van der Waals surface area contributed by atoms with Gasteiger partial charge in [-0.15, -0.1) is 0 Å². The second kappa shape index (κ2) is 6.83. The normalized spacial score (nSPS) is 25.6. The van der Waals surface area contributed by atoms with Gasteiger partial charge in [-0.3, -0.25) is 0 Å². The van der Waals surface area contributed by atoms with E-state index in [1.165, 1.54) is 25.7 Å². The lowest BCUT2D eigenvalue weighted by atomic mass is 9.74. The van der Waals surface area contributed by atoms with Crippen molar-refractivity contribution in [3.63, 3.8) is 0 Å². The molecule has 1 saturated carbocycles. The smallest absolute Gasteiger partial charge is 0.410 e. The zero-order valence-corrected chi connectivity index (χ0v) is 17.9. The van der Waals surface area contributed by atoms with Crippen LogP contribution >= 0.6 is 0 Å². The highest BCUT2D eigenvalue weighted by Crippen LogP contribution is 2.53. The summed E-state index contributed by atoms with van der Waals surface area (Å²) in [6, 6.07) is -1.45. The van der Waals surface area contributed by atoms with Gasteiger partial charge in [-0.25, -0.2) is 26.7 Å². The Morgan fingerprint density at radius 2 is 1.56 bits per heavy atom. The summed E-state index contributed by atoms with van der Waals surface area (Å²) in [6.07, 6.45) is 0.0584. The molecule has 1 heterocycles. The monoisotopic (exact) mass is 410 g/mol. The van der Waals surface area contributed by atoms with Crippen LogP contribution in [0.3, 0.4) is 0 Å². The van der Waals surface area contributed by atoms with Gasteiger partial charge >= 0.3 is 6.09 Å². The molecule has 2 aliphatic rings. The number of amides is 1. The Bertz CT molecular complexity index is 672. The van der Waals surface area contributed by atoms with Gasteiger partial charge in [0.2, 0.25) is 10.0 Å². The van der Waals surface area contributed by atoms with Gasteiger partial charge in [-0.2, -0.15) is 0 Å². The van der Waals surface area contributed by atoms with Crippen LogP contribution in [0.25, 0.3) is 0 Å². The summed E-state index contributed by atoms with van der Waals surface area (Å²) in [5.74, 6) is -3.10. The van der Waals surface area contributed by atoms with E-state index >= 15 is 0 Å². The Hall–Kier alpha value is -0.960. The molecule has 0 radical (unpaired) electrons. The lowest BCUT2D eigenvalue weighted by Gasteiger charge is -2.44. The van der Waals surface area contributed by atoms with Crippen molar-refractivity contribution in [2.75, 3.05) is 13.1 Å². The Kier molecular flexibility index (Phi) is 5.65. The quantitative estimate of drug-likeness (QED) is 0.756. The third-order valence-electron chi connectivity index (χ3n) is 5.48. The predicted octanol–water partition coefficient (Wildman–Crippen LogP) is 3.52. The molecule has 6 nitrogen and oxygen atoms in total. The maximum Gasteiger partial charge on any atom is 0.410 e. The van der Waals surface area contributed by atoms with Crippen LogP contribution in [-0.2, 0) is 14.8 Å². The summed E-state index contributed by atoms with van der Waals surface area (Å²) in [4.78, 5) is 13.7. The van der Waals surface area contributed by atoms with Gasteiger partial charge in [0.1, 0.15) is 5.60 Å². The van der Waals surface area contributed by atoms with E-state index < -0.39 is 43.8 Å². The van der Waals surface area contributed by atoms with Gasteiger partial charge in [-0.1, -0.05) is 0 Å². The number of rotatable bonds is 2. The van der Waals surface area contributed by atoms with Gasteiger partial charge in [0.25, 0.3) is 5.92 Å². The van der Waals surface area contributed by atoms with E-state index in [0.717, 1.165) is 0 Å². The molecule has 1 aliphatic heterocycles. The molecule has 0 bridgehead atoms. The third-order valence-corrected chi connectivity index (χ3v) is 7.64. The molecular weight excluding hydrogens is 378 g/mol. The SMILES string of the molecule is CC(C)(C)OC(=O)N1CCC2(CC1)CCC(F)(F)C2NS(=O)(=O)C(C)(C)C. The average molecular weight is 411 g/mol. The molecule has 0 aromatic heterocycles. The van der Waals surface area contributed by atoms with Crippen LogP contribution in [0.5, 0.6) is 0 Å². The highest BCUT2D eigenvalue weighted by Gasteiger charge is 2.61. The maximum absolute atomic E-state index is 14.6. The molecular formula is C18H32F2N2O4S. The average Bonchev–Trinajstić information content (AvgIpc) is 2.70. The molecule has 1 N–H and O–H groups in total. The molecule has 0 aromatic carbocycles. The number of alkyl halides is 2. The Morgan fingerprint density at radius 1 is 1.04 bits per heavy atom. The van der Waals surface area contributed by atoms with Crippen molar-refractivity contribution < 1.29 is 26.7 Å². The van der Waals surface area contributed by atoms with Gasteiger partial charge in [-0.05, 0) is 66.2 Å². The van der Waals surface area contributed by atoms with Crippen molar-refractivity contribution in [1.82, 2.24) is 9.62 Å². The van der Waals surface area contributed by atoms with E-state index in [-0.39, 0.29) is 25.9 Å². The first-order valence-electron chi connectivity index (χ1n) is 9.37. The predicted molar refractivity (Wildman–Crippen MR) is 99.3 cm³/mol. The van der Waals surface area contributed by atoms with E-state index in [9.17, 15) is 22.0 Å². The number of carbonyl (C=O) groups is 1. The fourth-order valence-corrected chi connectivity index (χ4v) is 4.78. The number of hydrogen-bond acceptors (Lipinski definition) is 4. The molecule has 1 saturated heterocycles. The highest BCUT2D eigenvalue weighted by atomic mass is 32.2. The number of nitrogens with one attached hydrogen (secondary N) is 1. The summed E-state index contributed by atoms with van der Waals surface area (Å²) in [7, 11) is -3.92. The van der Waals surface area contributed by atoms with Gasteiger partial charge in [0.15, 0.2) is 0 Å². The number of nitrogens with zero attached hydrogens (tertiary/aromatic N) is 1. The number of halogens is 2. The van der Waals surface area contributed by atoms with E-state index in [0.29, 0.717) is 12.8 Å². The maximum atomic E-state index is 14.6. The molecule has 1 unspecified atom stereocenters. The van der Waals surface area contributed by atoms with Gasteiger partial charge < -0.3 is 9.64 Å². The lowest BCUT2D eigenvalue weighted by molar-refractivity contribution is -0.0433. The van der Waals surface area contributed by atoms with Gasteiger partial charge in [0.05, 0.1) is 10.8 Å². The topological polar surface area (TPSA) is 75.7 Å². The van der Waals surface area contributed by atoms with E-state index in [2.05, 4.69) is 4.72 Å². The molecule has 0 aromatic rings. The van der Waals surface area contributed by atoms with Crippen LogP contribution in [0.15, 0.2) is 0 Å². The largest absolute Gasteiger partial charge is 0.444 e. The fraction of sp³-hybridized carbons (Fsp3) is 0.944. The van der Waals surface area contributed by atoms with E-state index in [4.69, 9.17) is 4.74 Å². The number of sulfonamides is 1. The number of carbonyl (C=O) groups excluding carboxylic acids is 1. The minimum atomic E-state index is -3.92. The first-order chi connectivity index (χ1) is 12.0. The molecule has 9 heteroatoms. The molecule has 158 valence electrons. The van der Waals surface area contributed by atoms with Crippen LogP contribution in [0.2, 0.25) is 0 Å². The summed E-state index contributed by atoms with van der Waals surface area (Å²) < 4.78 is 60.7. The second-order valence-corrected chi connectivity index (χ2v) is 12.2. The highest BCUT2D eigenvalue weighted by molar-refractivity contribution is 7.90. The lowest BCUT2D eigenvalue weighted by Crippen LogP contribution is -2.58. The number of ether oxygens (including phenoxy) is 1. The van der Waals surface area contributed by atoms with Crippen LogP contribution in [0.1, 0.15) is 67.2 Å². The first-order valence-corrected chi connectivity index (χ1v) is 10.9. The van der Waals surface area contributed by atoms with E-state index in [1.807, 2.05) is 0 Å². The molecule has 2 rings (SSSR count). The zero-order chi connectivity index (χ0) is 20.9. The second-order valence-electron chi connectivity index (χ2n) is 9.76. The van der Waals surface area contributed by atoms with Crippen LogP contribution in [-0.4, -0.2) is 54.8 Å². The molecule has 1 atom stereocenters. The first kappa shape index (κ1) is 22.3. The standard InChI is InChI=1S/C18H32F2N2O4S/c1-15(2,3)26-14(23)22-11-9-17(10-12-22)7-8-18(19,20)13(17)21-27(24,25)16(4,5)6/h13,21H,7-12H2,1-6H3. The fourth-order valence-electron chi connectivity index (χ4n) is 3.70. The van der Waals surface area contributed by atoms with Crippen molar-refractivity contribution in [3.05, 3.63) is 0 Å². The number of piperidine rings is 1. The van der Waals surface area contributed by atoms with Crippen molar-refractivity contribution in [2.45, 2.75) is 89.5 Å². The van der Waals surface area contributed by atoms with Crippen molar-refractivity contribution in [1.29, 1.82) is 0 Å². The Balaban J connectivity index is 2.16. The molecule has 1 amide bonds. The van der Waals surface area contributed by atoms with Crippen molar-refractivity contribution >= 4 is 16.1 Å². The minimum Gasteiger partial charge on any atom is -0.444 e. The molecule has 1 aliphatic carbocycles. The van der Waals surface area contributed by atoms with E-state index in [1.54, 1.807) is 20.8 Å². The Labute approximate surface area is 161 Å². The molecule has 27 heavy (non-hydrogen) atoms. The molecule has 1 spiro atoms. The van der Waals surface area contributed by atoms with Crippen LogP contribution < -0.4 is 4.72 Å². The summed E-state index contributed by atoms with van der Waals surface area (Å²) in [5.41, 5.74) is -1.47. The third kappa shape index (κ3) is 4.72. The van der Waals surface area contributed by atoms with Crippen molar-refractivity contribution in [2.24, 2.45) is 5.41 Å². The summed E-state index contributed by atoms with van der Waals surface area (Å²) >= 11 is 0. The summed E-state index contributed by atoms with van der Waals surface area (Å²) in [6.45, 7) is 10.3. The minimum absolute atomic E-state index is 0.236. The van der Waals surface area contributed by atoms with Gasteiger partial charge in [0, 0.05) is 19.5 Å². The van der Waals surface area contributed by atoms with Crippen LogP contribution in [0.4, 0.5) is 13.6 Å². The summed E-state index contributed by atoms with van der Waals surface area (Å²) in [5, 5.41) is 0. The number of hydrogen-bond donors (Lipinski definition) is 1.